The lowest BCUT2D eigenvalue weighted by atomic mass is 10.2. The molecule has 0 aromatic carbocycles. The van der Waals surface area contributed by atoms with Crippen LogP contribution in [0.2, 0.25) is 0 Å². The van der Waals surface area contributed by atoms with Crippen LogP contribution in [-0.4, -0.2) is 37.0 Å². The average Bonchev–Trinajstić information content (AvgIpc) is 2.61. The molecule has 13 heavy (non-hydrogen) atoms. The van der Waals surface area contributed by atoms with Crippen molar-refractivity contribution in [2.45, 2.75) is 30.6 Å². The minimum atomic E-state index is 0.0765. The quantitative estimate of drug-likeness (QED) is 0.701. The fraction of sp³-hybridized carbons (Fsp3) is 0.889. The average molecular weight is 202 g/mol. The molecule has 1 rings (SSSR count). The minimum absolute atomic E-state index is 0.0765. The Morgan fingerprint density at radius 1 is 1.54 bits per heavy atom. The topological polar surface area (TPSA) is 41.1 Å². The first-order chi connectivity index (χ1) is 6.26. The number of rotatable bonds is 4. The van der Waals surface area contributed by atoms with Gasteiger partial charge in [-0.15, -0.1) is 0 Å². The van der Waals surface area contributed by atoms with Crippen molar-refractivity contribution in [1.82, 2.24) is 10.6 Å². The molecule has 76 valence electrons. The molecule has 2 N–H and O–H groups in total. The van der Waals surface area contributed by atoms with Crippen molar-refractivity contribution < 1.29 is 4.79 Å². The molecule has 1 saturated carbocycles. The molecule has 0 aliphatic heterocycles. The van der Waals surface area contributed by atoms with Crippen LogP contribution in [0, 0.1) is 0 Å². The predicted molar refractivity (Wildman–Crippen MR) is 57.0 cm³/mol. The van der Waals surface area contributed by atoms with E-state index in [1.54, 1.807) is 7.05 Å². The summed E-state index contributed by atoms with van der Waals surface area (Å²) in [5.41, 5.74) is 0. The molecular weight excluding hydrogens is 184 g/mol. The highest BCUT2D eigenvalue weighted by Crippen LogP contribution is 2.27. The number of amides is 1. The van der Waals surface area contributed by atoms with Gasteiger partial charge < -0.3 is 10.6 Å². The number of carbonyl (C=O) groups excluding carboxylic acids is 1. The summed E-state index contributed by atoms with van der Waals surface area (Å²) in [6.45, 7) is 0.461. The number of carbonyl (C=O) groups is 1. The highest BCUT2D eigenvalue weighted by Gasteiger charge is 2.23. The zero-order chi connectivity index (χ0) is 9.68. The van der Waals surface area contributed by atoms with Crippen LogP contribution in [0.3, 0.4) is 0 Å². The summed E-state index contributed by atoms with van der Waals surface area (Å²) in [7, 11) is 1.67. The maximum atomic E-state index is 10.9. The number of nitrogens with one attached hydrogen (secondary N) is 2. The van der Waals surface area contributed by atoms with E-state index >= 15 is 0 Å². The Morgan fingerprint density at radius 3 is 2.85 bits per heavy atom. The standard InChI is InChI=1S/C9H18N2OS/c1-10-9(12)6-11-7-3-4-8(5-7)13-2/h7-8,11H,3-6H2,1-2H3,(H,10,12). The van der Waals surface area contributed by atoms with E-state index in [-0.39, 0.29) is 5.91 Å². The zero-order valence-corrected chi connectivity index (χ0v) is 9.12. The number of hydrogen-bond donors (Lipinski definition) is 2. The Bertz CT molecular complexity index is 175. The summed E-state index contributed by atoms with van der Waals surface area (Å²) >= 11 is 1.94. The molecule has 2 unspecified atom stereocenters. The third kappa shape index (κ3) is 3.56. The molecular formula is C9H18N2OS. The van der Waals surface area contributed by atoms with Crippen molar-refractivity contribution in [2.24, 2.45) is 0 Å². The molecule has 1 fully saturated rings. The second kappa shape index (κ2) is 5.50. The van der Waals surface area contributed by atoms with Gasteiger partial charge in [0.15, 0.2) is 0 Å². The number of hydrogen-bond acceptors (Lipinski definition) is 3. The van der Waals surface area contributed by atoms with Gasteiger partial charge in [0.25, 0.3) is 0 Å². The normalized spacial score (nSPS) is 27.5. The summed E-state index contributed by atoms with van der Waals surface area (Å²) in [6, 6.07) is 0.551. The highest BCUT2D eigenvalue weighted by atomic mass is 32.2. The molecule has 1 aliphatic rings. The Labute approximate surface area is 84.0 Å². The second-order valence-electron chi connectivity index (χ2n) is 3.42. The Kier molecular flexibility index (Phi) is 4.59. The molecule has 2 atom stereocenters. The van der Waals surface area contributed by atoms with Gasteiger partial charge >= 0.3 is 0 Å². The van der Waals surface area contributed by atoms with Gasteiger partial charge in [-0.2, -0.15) is 11.8 Å². The summed E-state index contributed by atoms with van der Waals surface area (Å²) in [5, 5.41) is 6.67. The monoisotopic (exact) mass is 202 g/mol. The third-order valence-corrected chi connectivity index (χ3v) is 3.64. The Balaban J connectivity index is 2.13. The van der Waals surface area contributed by atoms with Crippen molar-refractivity contribution >= 4 is 17.7 Å². The van der Waals surface area contributed by atoms with Crippen LogP contribution >= 0.6 is 11.8 Å². The summed E-state index contributed by atoms with van der Waals surface area (Å²) in [4.78, 5) is 10.9. The smallest absolute Gasteiger partial charge is 0.233 e. The maximum Gasteiger partial charge on any atom is 0.233 e. The van der Waals surface area contributed by atoms with Crippen LogP contribution in [0.15, 0.2) is 0 Å². The lowest BCUT2D eigenvalue weighted by Crippen LogP contribution is -2.36. The van der Waals surface area contributed by atoms with Gasteiger partial charge in [-0.05, 0) is 25.5 Å². The molecule has 0 heterocycles. The fourth-order valence-electron chi connectivity index (χ4n) is 1.67. The van der Waals surface area contributed by atoms with E-state index < -0.39 is 0 Å². The lowest BCUT2D eigenvalue weighted by molar-refractivity contribution is -0.119. The van der Waals surface area contributed by atoms with Crippen LogP contribution in [0.25, 0.3) is 0 Å². The summed E-state index contributed by atoms with van der Waals surface area (Å²) < 4.78 is 0. The minimum Gasteiger partial charge on any atom is -0.358 e. The largest absolute Gasteiger partial charge is 0.358 e. The van der Waals surface area contributed by atoms with Crippen LogP contribution in [-0.2, 0) is 4.79 Å². The number of thioether (sulfide) groups is 1. The van der Waals surface area contributed by atoms with Gasteiger partial charge in [-0.25, -0.2) is 0 Å². The first kappa shape index (κ1) is 10.9. The van der Waals surface area contributed by atoms with Gasteiger partial charge in [0.05, 0.1) is 6.54 Å². The van der Waals surface area contributed by atoms with Crippen LogP contribution in [0.4, 0.5) is 0 Å². The van der Waals surface area contributed by atoms with Gasteiger partial charge in [-0.1, -0.05) is 0 Å². The first-order valence-electron chi connectivity index (χ1n) is 4.73. The van der Waals surface area contributed by atoms with E-state index in [1.165, 1.54) is 19.3 Å². The molecule has 0 radical (unpaired) electrons. The summed E-state index contributed by atoms with van der Waals surface area (Å²) in [5.74, 6) is 0.0765. The van der Waals surface area contributed by atoms with Gasteiger partial charge in [-0.3, -0.25) is 4.79 Å². The van der Waals surface area contributed by atoms with E-state index in [2.05, 4.69) is 16.9 Å². The van der Waals surface area contributed by atoms with Gasteiger partial charge in [0, 0.05) is 18.3 Å². The Morgan fingerprint density at radius 2 is 2.31 bits per heavy atom. The first-order valence-corrected chi connectivity index (χ1v) is 6.01. The van der Waals surface area contributed by atoms with Crippen molar-refractivity contribution in [3.8, 4) is 0 Å². The molecule has 0 aromatic heterocycles. The molecule has 4 heteroatoms. The van der Waals surface area contributed by atoms with Crippen LogP contribution in [0.5, 0.6) is 0 Å². The third-order valence-electron chi connectivity index (χ3n) is 2.55. The van der Waals surface area contributed by atoms with Crippen molar-refractivity contribution in [3.05, 3.63) is 0 Å². The molecule has 0 saturated heterocycles. The van der Waals surface area contributed by atoms with E-state index in [0.29, 0.717) is 12.6 Å². The summed E-state index contributed by atoms with van der Waals surface area (Å²) in [6.07, 6.45) is 5.86. The van der Waals surface area contributed by atoms with Crippen molar-refractivity contribution in [3.63, 3.8) is 0 Å². The van der Waals surface area contributed by atoms with E-state index in [9.17, 15) is 4.79 Å². The van der Waals surface area contributed by atoms with E-state index in [1.807, 2.05) is 11.8 Å². The van der Waals surface area contributed by atoms with Crippen LogP contribution < -0.4 is 10.6 Å². The predicted octanol–water partition coefficient (Wildman–Crippen LogP) is 0.606. The molecule has 0 spiro atoms. The molecule has 0 bridgehead atoms. The lowest BCUT2D eigenvalue weighted by Gasteiger charge is -2.11. The van der Waals surface area contributed by atoms with Crippen LogP contribution in [0.1, 0.15) is 19.3 Å². The van der Waals surface area contributed by atoms with E-state index in [0.717, 1.165) is 5.25 Å². The molecule has 1 amide bonds. The zero-order valence-electron chi connectivity index (χ0n) is 8.30. The second-order valence-corrected chi connectivity index (χ2v) is 4.56. The van der Waals surface area contributed by atoms with Gasteiger partial charge in [0.1, 0.15) is 0 Å². The van der Waals surface area contributed by atoms with Crippen molar-refractivity contribution in [1.29, 1.82) is 0 Å². The highest BCUT2D eigenvalue weighted by molar-refractivity contribution is 7.99. The number of likely N-dealkylation sites (N-methyl/N-ethyl adjacent to an activating group) is 1. The Hall–Kier alpha value is -0.220. The van der Waals surface area contributed by atoms with E-state index in [4.69, 9.17) is 0 Å². The van der Waals surface area contributed by atoms with Gasteiger partial charge in [0.2, 0.25) is 5.91 Å². The SMILES string of the molecule is CNC(=O)CNC1CCC(SC)C1. The maximum absolute atomic E-state index is 10.9. The van der Waals surface area contributed by atoms with Crippen molar-refractivity contribution in [2.75, 3.05) is 19.8 Å². The molecule has 3 nitrogen and oxygen atoms in total. The molecule has 0 aromatic rings. The fourth-order valence-corrected chi connectivity index (χ4v) is 2.46. The molecule has 1 aliphatic carbocycles.